The number of aliphatic hydroxyl groups excluding tert-OH is 7. The maximum atomic E-state index is 12.3. The maximum Gasteiger partial charge on any atom is 0.323 e. The molecular weight excluding hydrogens is 464 g/mol. The molecule has 2 aliphatic rings. The van der Waals surface area contributed by atoms with Crippen LogP contribution in [0.4, 0.5) is 0 Å². The number of hydrogen-bond donors (Lipinski definition) is 10. The SMILES string of the molecule is NC(N)=NCCC[C@H](N)C(=O)OC[C@@]1(O[C@H]2O[C@H](CO)[C@@H](O)[C@H](O)[C@H]2O)O[C@H](CO)[C@@H](O)[C@@H]1O. The Morgan fingerprint density at radius 3 is 2.21 bits per heavy atom. The number of ether oxygens (including phenoxy) is 4. The molecule has 0 aromatic carbocycles. The van der Waals surface area contributed by atoms with Crippen LogP contribution >= 0.6 is 0 Å². The Hall–Kier alpha value is -1.70. The molecule has 16 nitrogen and oxygen atoms in total. The molecule has 13 N–H and O–H groups in total. The molecule has 0 aliphatic carbocycles. The first-order valence-electron chi connectivity index (χ1n) is 10.6. The van der Waals surface area contributed by atoms with E-state index in [1.54, 1.807) is 0 Å². The van der Waals surface area contributed by atoms with Gasteiger partial charge in [0.15, 0.2) is 12.2 Å². The first kappa shape index (κ1) is 28.5. The number of aliphatic imine (C=N–C) groups is 1. The summed E-state index contributed by atoms with van der Waals surface area (Å²) in [6.07, 6.45) is -13.0. The summed E-state index contributed by atoms with van der Waals surface area (Å²) in [6.45, 7) is -2.15. The maximum absolute atomic E-state index is 12.3. The van der Waals surface area contributed by atoms with E-state index in [1.807, 2.05) is 0 Å². The summed E-state index contributed by atoms with van der Waals surface area (Å²) in [4.78, 5) is 16.1. The van der Waals surface area contributed by atoms with E-state index >= 15 is 0 Å². The highest BCUT2D eigenvalue weighted by Gasteiger charge is 2.59. The van der Waals surface area contributed by atoms with E-state index in [0.717, 1.165) is 0 Å². The Balaban J connectivity index is 2.13. The Morgan fingerprint density at radius 1 is 1.00 bits per heavy atom. The van der Waals surface area contributed by atoms with Crippen LogP contribution in [-0.4, -0.2) is 135 Å². The van der Waals surface area contributed by atoms with Gasteiger partial charge < -0.3 is 71.9 Å². The van der Waals surface area contributed by atoms with Gasteiger partial charge in [-0.15, -0.1) is 0 Å². The normalized spacial score (nSPS) is 38.9. The monoisotopic (exact) mass is 498 g/mol. The van der Waals surface area contributed by atoms with E-state index in [0.29, 0.717) is 6.42 Å². The molecule has 0 spiro atoms. The van der Waals surface area contributed by atoms with E-state index in [1.165, 1.54) is 0 Å². The van der Waals surface area contributed by atoms with E-state index in [-0.39, 0.29) is 18.9 Å². The number of rotatable bonds is 11. The topological polar surface area (TPSA) is 286 Å². The van der Waals surface area contributed by atoms with Crippen molar-refractivity contribution in [3.05, 3.63) is 0 Å². The molecule has 16 heteroatoms. The van der Waals surface area contributed by atoms with Gasteiger partial charge in [-0.1, -0.05) is 0 Å². The summed E-state index contributed by atoms with van der Waals surface area (Å²) in [7, 11) is 0. The molecule has 2 fully saturated rings. The third kappa shape index (κ3) is 6.49. The zero-order chi connectivity index (χ0) is 25.6. The van der Waals surface area contributed by atoms with Gasteiger partial charge in [0.25, 0.3) is 0 Å². The van der Waals surface area contributed by atoms with E-state index < -0.39 is 86.6 Å². The van der Waals surface area contributed by atoms with Gasteiger partial charge in [0.2, 0.25) is 5.79 Å². The van der Waals surface area contributed by atoms with Crippen LogP contribution in [0.3, 0.4) is 0 Å². The fourth-order valence-corrected chi connectivity index (χ4v) is 3.53. The number of nitrogens with zero attached hydrogens (tertiary/aromatic N) is 1. The van der Waals surface area contributed by atoms with Gasteiger partial charge in [0.1, 0.15) is 55.4 Å². The van der Waals surface area contributed by atoms with Crippen LogP contribution in [0.25, 0.3) is 0 Å². The summed E-state index contributed by atoms with van der Waals surface area (Å²) >= 11 is 0. The molecule has 10 atom stereocenters. The second-order valence-corrected chi connectivity index (χ2v) is 8.06. The lowest BCUT2D eigenvalue weighted by atomic mass is 9.99. The minimum atomic E-state index is -2.37. The number of hydrogen-bond acceptors (Lipinski definition) is 14. The van der Waals surface area contributed by atoms with Crippen LogP contribution < -0.4 is 17.2 Å². The fraction of sp³-hybridized carbons (Fsp3) is 0.889. The zero-order valence-electron chi connectivity index (χ0n) is 18.3. The van der Waals surface area contributed by atoms with Crippen LogP contribution in [0.1, 0.15) is 12.8 Å². The molecule has 2 heterocycles. The molecule has 0 bridgehead atoms. The number of carbonyl (C=O) groups is 1. The molecule has 2 saturated heterocycles. The van der Waals surface area contributed by atoms with Gasteiger partial charge in [-0.25, -0.2) is 0 Å². The van der Waals surface area contributed by atoms with Crippen LogP contribution in [0, 0.1) is 0 Å². The highest BCUT2D eigenvalue weighted by atomic mass is 16.8. The highest BCUT2D eigenvalue weighted by Crippen LogP contribution is 2.36. The number of carbonyl (C=O) groups excluding carboxylic acids is 1. The minimum Gasteiger partial charge on any atom is -0.459 e. The Bertz CT molecular complexity index is 696. The molecule has 0 aromatic heterocycles. The summed E-state index contributed by atoms with van der Waals surface area (Å²) in [5.41, 5.74) is 16.2. The summed E-state index contributed by atoms with van der Waals surface area (Å²) in [5, 5.41) is 69.7. The van der Waals surface area contributed by atoms with Crippen LogP contribution in [0.2, 0.25) is 0 Å². The van der Waals surface area contributed by atoms with Gasteiger partial charge in [-0.2, -0.15) is 0 Å². The average molecular weight is 498 g/mol. The second-order valence-electron chi connectivity index (χ2n) is 8.06. The molecular formula is C18H34N4O12. The highest BCUT2D eigenvalue weighted by molar-refractivity contribution is 5.76. The Labute approximate surface area is 194 Å². The predicted molar refractivity (Wildman–Crippen MR) is 110 cm³/mol. The van der Waals surface area contributed by atoms with Crippen LogP contribution in [0.5, 0.6) is 0 Å². The van der Waals surface area contributed by atoms with Crippen molar-refractivity contribution in [3.8, 4) is 0 Å². The Morgan fingerprint density at radius 2 is 1.65 bits per heavy atom. The molecule has 0 amide bonds. The van der Waals surface area contributed by atoms with E-state index in [4.69, 9.17) is 36.1 Å². The number of esters is 1. The van der Waals surface area contributed by atoms with Crippen molar-refractivity contribution in [2.45, 2.75) is 73.7 Å². The zero-order valence-corrected chi connectivity index (χ0v) is 18.3. The third-order valence-corrected chi connectivity index (χ3v) is 5.54. The third-order valence-electron chi connectivity index (χ3n) is 5.54. The van der Waals surface area contributed by atoms with Crippen molar-refractivity contribution in [2.75, 3.05) is 26.4 Å². The first-order valence-corrected chi connectivity index (χ1v) is 10.6. The fourth-order valence-electron chi connectivity index (χ4n) is 3.53. The molecule has 34 heavy (non-hydrogen) atoms. The quantitative estimate of drug-likeness (QED) is 0.0548. The number of guanidine groups is 1. The molecule has 0 radical (unpaired) electrons. The standard InChI is InChI=1S/C18H34N4O12/c19-7(2-1-3-22-17(20)21)15(30)31-6-18(14(29)11(26)9(5-24)33-18)34-16-13(28)12(27)10(25)8(4-23)32-16/h7-14,16,23-29H,1-6,19H2,(H4,20,21,22)/t7-,8+,9+,10+,11+,12-,13+,14-,16+,18-/m0/s1. The molecule has 0 aromatic rings. The van der Waals surface area contributed by atoms with Crippen LogP contribution in [0.15, 0.2) is 4.99 Å². The summed E-state index contributed by atoms with van der Waals surface area (Å²) in [5.74, 6) is -3.42. The van der Waals surface area contributed by atoms with Crippen molar-refractivity contribution in [2.24, 2.45) is 22.2 Å². The molecule has 0 saturated carbocycles. The summed E-state index contributed by atoms with van der Waals surface area (Å²) in [6, 6.07) is -1.12. The molecule has 2 aliphatic heterocycles. The van der Waals surface area contributed by atoms with Gasteiger partial charge in [0.05, 0.1) is 13.2 Å². The van der Waals surface area contributed by atoms with Crippen molar-refractivity contribution in [3.63, 3.8) is 0 Å². The molecule has 198 valence electrons. The lowest BCUT2D eigenvalue weighted by Gasteiger charge is -2.43. The largest absolute Gasteiger partial charge is 0.459 e. The van der Waals surface area contributed by atoms with Gasteiger partial charge in [-0.05, 0) is 12.8 Å². The van der Waals surface area contributed by atoms with Crippen molar-refractivity contribution in [1.29, 1.82) is 0 Å². The van der Waals surface area contributed by atoms with Gasteiger partial charge in [0, 0.05) is 6.54 Å². The average Bonchev–Trinajstić information content (AvgIpc) is 3.05. The molecule has 2 rings (SSSR count). The minimum absolute atomic E-state index is 0.118. The lowest BCUT2D eigenvalue weighted by Crippen LogP contribution is -2.63. The van der Waals surface area contributed by atoms with Gasteiger partial charge >= 0.3 is 5.97 Å². The van der Waals surface area contributed by atoms with Crippen molar-refractivity contribution in [1.82, 2.24) is 0 Å². The Kier molecular flexibility index (Phi) is 10.3. The van der Waals surface area contributed by atoms with Crippen molar-refractivity contribution >= 4 is 11.9 Å². The smallest absolute Gasteiger partial charge is 0.323 e. The second kappa shape index (κ2) is 12.3. The van der Waals surface area contributed by atoms with Crippen molar-refractivity contribution < 1.29 is 59.5 Å². The first-order chi connectivity index (χ1) is 16.0. The molecule has 0 unspecified atom stereocenters. The predicted octanol–water partition coefficient (Wildman–Crippen LogP) is -6.46. The summed E-state index contributed by atoms with van der Waals surface area (Å²) < 4.78 is 21.3. The van der Waals surface area contributed by atoms with E-state index in [2.05, 4.69) is 4.99 Å². The van der Waals surface area contributed by atoms with E-state index in [9.17, 15) is 40.5 Å². The van der Waals surface area contributed by atoms with Gasteiger partial charge in [-0.3, -0.25) is 9.79 Å². The number of nitrogens with two attached hydrogens (primary N) is 3. The van der Waals surface area contributed by atoms with Crippen LogP contribution in [-0.2, 0) is 23.7 Å². The lowest BCUT2D eigenvalue weighted by molar-refractivity contribution is -0.383. The number of aliphatic hydroxyl groups is 7.